The Hall–Kier alpha value is -2.75. The van der Waals surface area contributed by atoms with E-state index in [0.717, 1.165) is 23.5 Å². The Balaban J connectivity index is 1.93. The molecule has 4 N–H and O–H groups in total. The first-order chi connectivity index (χ1) is 12.7. The summed E-state index contributed by atoms with van der Waals surface area (Å²) >= 11 is 6.99. The number of carbonyl (C=O) groups is 1. The third kappa shape index (κ3) is 4.00. The normalized spacial score (nSPS) is 11.3. The van der Waals surface area contributed by atoms with E-state index in [9.17, 15) is 23.4 Å². The van der Waals surface area contributed by atoms with Gasteiger partial charge in [0.1, 0.15) is 25.6 Å². The lowest BCUT2D eigenvalue weighted by Crippen LogP contribution is -2.11. The van der Waals surface area contributed by atoms with Crippen molar-refractivity contribution >= 4 is 44.6 Å². The van der Waals surface area contributed by atoms with E-state index in [0.29, 0.717) is 11.1 Å². The summed E-state index contributed by atoms with van der Waals surface area (Å²) in [5, 5.41) is 28.2. The molecule has 10 heteroatoms. The molecule has 7 nitrogen and oxygen atoms in total. The number of hydrogen-bond acceptors (Lipinski definition) is 6. The number of carboxylic acid groups (broad SMARTS) is 1. The molecular formula is C17H12ClNO6S2. The minimum Gasteiger partial charge on any atom is -0.508 e. The van der Waals surface area contributed by atoms with Crippen LogP contribution in [0.4, 0.5) is 5.69 Å². The van der Waals surface area contributed by atoms with Crippen molar-refractivity contribution in [1.82, 2.24) is 0 Å². The first-order valence-corrected chi connectivity index (χ1v) is 10.0. The van der Waals surface area contributed by atoms with Crippen molar-refractivity contribution < 1.29 is 28.5 Å². The van der Waals surface area contributed by atoms with E-state index in [1.165, 1.54) is 24.3 Å². The molecule has 2 aromatic carbocycles. The molecule has 0 aliphatic rings. The summed E-state index contributed by atoms with van der Waals surface area (Å²) < 4.78 is 27.6. The van der Waals surface area contributed by atoms with Crippen LogP contribution in [0.3, 0.4) is 0 Å². The fourth-order valence-electron chi connectivity index (χ4n) is 2.33. The number of anilines is 1. The molecule has 0 amide bonds. The molecule has 0 fully saturated rings. The van der Waals surface area contributed by atoms with Crippen LogP contribution in [0.1, 0.15) is 10.4 Å². The van der Waals surface area contributed by atoms with E-state index in [-0.39, 0.29) is 25.5 Å². The number of rotatable bonds is 5. The second-order valence-electron chi connectivity index (χ2n) is 5.45. The Morgan fingerprint density at radius 2 is 1.81 bits per heavy atom. The van der Waals surface area contributed by atoms with Crippen molar-refractivity contribution in [3.05, 3.63) is 58.4 Å². The number of halogens is 1. The van der Waals surface area contributed by atoms with Crippen LogP contribution < -0.4 is 4.72 Å². The molecule has 3 rings (SSSR count). The topological polar surface area (TPSA) is 124 Å². The van der Waals surface area contributed by atoms with Gasteiger partial charge in [0, 0.05) is 11.6 Å². The van der Waals surface area contributed by atoms with Gasteiger partial charge in [0.2, 0.25) is 0 Å². The molecule has 0 radical (unpaired) electrons. The molecular weight excluding hydrogens is 414 g/mol. The Kier molecular flexibility index (Phi) is 5.01. The van der Waals surface area contributed by atoms with Crippen molar-refractivity contribution in [2.24, 2.45) is 0 Å². The lowest BCUT2D eigenvalue weighted by atomic mass is 10.1. The van der Waals surface area contributed by atoms with Crippen molar-refractivity contribution in [2.75, 3.05) is 4.72 Å². The summed E-state index contributed by atoms with van der Waals surface area (Å²) in [6, 6.07) is 10.9. The summed E-state index contributed by atoms with van der Waals surface area (Å²) in [4.78, 5) is 10.9. The number of phenols is 2. The highest BCUT2D eigenvalue weighted by Gasteiger charge is 2.21. The zero-order valence-electron chi connectivity index (χ0n) is 13.4. The van der Waals surface area contributed by atoms with E-state index in [1.807, 2.05) is 0 Å². The van der Waals surface area contributed by atoms with Crippen molar-refractivity contribution in [2.45, 2.75) is 4.21 Å². The van der Waals surface area contributed by atoms with Crippen molar-refractivity contribution in [3.8, 4) is 22.6 Å². The second-order valence-corrected chi connectivity index (χ2v) is 9.01. The number of sulfonamides is 1. The van der Waals surface area contributed by atoms with Gasteiger partial charge in [-0.1, -0.05) is 23.7 Å². The zero-order chi connectivity index (χ0) is 19.8. The molecule has 0 bridgehead atoms. The molecule has 0 atom stereocenters. The molecule has 1 heterocycles. The average molecular weight is 426 g/mol. The van der Waals surface area contributed by atoms with E-state index in [1.54, 1.807) is 12.1 Å². The standard InChI is InChI=1S/C17H12ClNO6S2/c18-16-13(9-2-1-3-11(20)6-9)8-15(26-16)27(24,25)19-10-4-5-12(17(22)23)14(21)7-10/h1-8,19-21H,(H,22,23). The number of hydrogen-bond donors (Lipinski definition) is 4. The number of aromatic hydroxyl groups is 2. The predicted octanol–water partition coefficient (Wildman–Crippen LogP) is 3.98. The Bertz CT molecular complexity index is 1140. The van der Waals surface area contributed by atoms with Crippen LogP contribution in [-0.2, 0) is 10.0 Å². The van der Waals surface area contributed by atoms with Gasteiger partial charge in [-0.25, -0.2) is 13.2 Å². The minimum atomic E-state index is -4.02. The first kappa shape index (κ1) is 19.0. The maximum atomic E-state index is 12.6. The molecule has 0 aliphatic carbocycles. The second kappa shape index (κ2) is 7.10. The Morgan fingerprint density at radius 1 is 1.07 bits per heavy atom. The maximum absolute atomic E-state index is 12.6. The Labute approximate surface area is 163 Å². The van der Waals surface area contributed by atoms with Crippen molar-refractivity contribution in [3.63, 3.8) is 0 Å². The van der Waals surface area contributed by atoms with Gasteiger partial charge in [-0.2, -0.15) is 0 Å². The lowest BCUT2D eigenvalue weighted by Gasteiger charge is -2.07. The quantitative estimate of drug-likeness (QED) is 0.490. The fraction of sp³-hybridized carbons (Fsp3) is 0. The van der Waals surface area contributed by atoms with Crippen LogP contribution in [0, 0.1) is 0 Å². The first-order valence-electron chi connectivity index (χ1n) is 7.35. The van der Waals surface area contributed by atoms with Crippen LogP contribution in [-0.4, -0.2) is 29.7 Å². The van der Waals surface area contributed by atoms with Gasteiger partial charge in [-0.05, 0) is 35.9 Å². The minimum absolute atomic E-state index is 0.000859. The van der Waals surface area contributed by atoms with Gasteiger partial charge in [0.05, 0.1) is 5.69 Å². The van der Waals surface area contributed by atoms with Crippen molar-refractivity contribution in [1.29, 1.82) is 0 Å². The third-order valence-electron chi connectivity index (χ3n) is 3.57. The molecule has 1 aromatic heterocycles. The van der Waals surface area contributed by atoms with E-state index in [2.05, 4.69) is 4.72 Å². The van der Waals surface area contributed by atoms with Gasteiger partial charge in [0.25, 0.3) is 10.0 Å². The highest BCUT2D eigenvalue weighted by atomic mass is 35.5. The number of benzene rings is 2. The van der Waals surface area contributed by atoms with Gasteiger partial charge >= 0.3 is 5.97 Å². The van der Waals surface area contributed by atoms with Gasteiger partial charge in [-0.15, -0.1) is 11.3 Å². The summed E-state index contributed by atoms with van der Waals surface area (Å²) in [6.07, 6.45) is 0. The predicted molar refractivity (Wildman–Crippen MR) is 102 cm³/mol. The van der Waals surface area contributed by atoms with Gasteiger partial charge < -0.3 is 15.3 Å². The third-order valence-corrected chi connectivity index (χ3v) is 6.78. The highest BCUT2D eigenvalue weighted by Crippen LogP contribution is 2.39. The van der Waals surface area contributed by atoms with Crippen LogP contribution in [0.15, 0.2) is 52.7 Å². The van der Waals surface area contributed by atoms with E-state index >= 15 is 0 Å². The van der Waals surface area contributed by atoms with Gasteiger partial charge in [0.15, 0.2) is 0 Å². The number of phenolic OH excluding ortho intramolecular Hbond substituents is 1. The highest BCUT2D eigenvalue weighted by molar-refractivity contribution is 7.94. The Morgan fingerprint density at radius 3 is 2.44 bits per heavy atom. The average Bonchev–Trinajstić information content (AvgIpc) is 2.97. The number of aromatic carboxylic acids is 1. The molecule has 0 saturated heterocycles. The van der Waals surface area contributed by atoms with Crippen LogP contribution >= 0.6 is 22.9 Å². The van der Waals surface area contributed by atoms with Gasteiger partial charge in [-0.3, -0.25) is 4.72 Å². The maximum Gasteiger partial charge on any atom is 0.339 e. The number of nitrogens with one attached hydrogen (secondary N) is 1. The summed E-state index contributed by atoms with van der Waals surface area (Å²) in [5.74, 6) is -1.87. The van der Waals surface area contributed by atoms with Crippen LogP contribution in [0.5, 0.6) is 11.5 Å². The van der Waals surface area contributed by atoms with Crippen LogP contribution in [0.2, 0.25) is 4.34 Å². The largest absolute Gasteiger partial charge is 0.508 e. The number of carboxylic acids is 1. The molecule has 3 aromatic rings. The molecule has 140 valence electrons. The molecule has 0 spiro atoms. The smallest absolute Gasteiger partial charge is 0.339 e. The fourth-order valence-corrected chi connectivity index (χ4v) is 5.15. The lowest BCUT2D eigenvalue weighted by molar-refractivity contribution is 0.0694. The van der Waals surface area contributed by atoms with E-state index < -0.39 is 21.7 Å². The zero-order valence-corrected chi connectivity index (χ0v) is 15.8. The van der Waals surface area contributed by atoms with Crippen LogP contribution in [0.25, 0.3) is 11.1 Å². The summed E-state index contributed by atoms with van der Waals surface area (Å²) in [6.45, 7) is 0. The summed E-state index contributed by atoms with van der Waals surface area (Å²) in [7, 11) is -4.02. The molecule has 0 unspecified atom stereocenters. The molecule has 0 aliphatic heterocycles. The molecule has 27 heavy (non-hydrogen) atoms. The molecule has 0 saturated carbocycles. The summed E-state index contributed by atoms with van der Waals surface area (Å²) in [5.41, 5.74) is 0.660. The van der Waals surface area contributed by atoms with E-state index in [4.69, 9.17) is 16.7 Å². The monoisotopic (exact) mass is 425 g/mol. The SMILES string of the molecule is O=C(O)c1ccc(NS(=O)(=O)c2cc(-c3cccc(O)c3)c(Cl)s2)cc1O. The number of thiophene rings is 1.